The Morgan fingerprint density at radius 3 is 2.57 bits per heavy atom. The van der Waals surface area contributed by atoms with Crippen LogP contribution >= 0.6 is 22.9 Å². The maximum atomic E-state index is 12.8. The molecule has 1 atom stereocenters. The highest BCUT2D eigenvalue weighted by atomic mass is 35.5. The lowest BCUT2D eigenvalue weighted by atomic mass is 9.90. The first-order chi connectivity index (χ1) is 14.2. The SMILES string of the molecule is Cc1nc(N)c(CCC2CCN(C(=O)[C@H](C)CC(=O)c3csc(C)n3)CC2)c(Cl)n1. The minimum Gasteiger partial charge on any atom is -0.383 e. The van der Waals surface area contributed by atoms with Crippen molar-refractivity contribution in [3.8, 4) is 0 Å². The van der Waals surface area contributed by atoms with Gasteiger partial charge in [-0.25, -0.2) is 15.0 Å². The number of nitrogens with zero attached hydrogens (tertiary/aromatic N) is 4. The van der Waals surface area contributed by atoms with Gasteiger partial charge in [0.05, 0.1) is 5.01 Å². The molecule has 2 aromatic rings. The van der Waals surface area contributed by atoms with Crippen molar-refractivity contribution in [1.82, 2.24) is 19.9 Å². The molecule has 1 fully saturated rings. The van der Waals surface area contributed by atoms with E-state index in [1.807, 2.05) is 18.7 Å². The van der Waals surface area contributed by atoms with Crippen LogP contribution in [0.1, 0.15) is 59.5 Å². The molecule has 1 saturated heterocycles. The van der Waals surface area contributed by atoms with Gasteiger partial charge in [0.1, 0.15) is 22.5 Å². The van der Waals surface area contributed by atoms with Gasteiger partial charge in [0.2, 0.25) is 5.91 Å². The van der Waals surface area contributed by atoms with Crippen molar-refractivity contribution in [3.63, 3.8) is 0 Å². The fourth-order valence-electron chi connectivity index (χ4n) is 3.88. The lowest BCUT2D eigenvalue weighted by Crippen LogP contribution is -2.41. The summed E-state index contributed by atoms with van der Waals surface area (Å²) in [4.78, 5) is 39.6. The van der Waals surface area contributed by atoms with E-state index in [2.05, 4.69) is 15.0 Å². The first-order valence-electron chi connectivity index (χ1n) is 10.3. The summed E-state index contributed by atoms with van der Waals surface area (Å²) in [5.41, 5.74) is 7.27. The van der Waals surface area contributed by atoms with E-state index >= 15 is 0 Å². The third-order valence-corrected chi connectivity index (χ3v) is 6.73. The highest BCUT2D eigenvalue weighted by molar-refractivity contribution is 7.09. The molecule has 0 aliphatic carbocycles. The van der Waals surface area contributed by atoms with Crippen LogP contribution < -0.4 is 5.73 Å². The number of piperidine rings is 1. The predicted molar refractivity (Wildman–Crippen MR) is 119 cm³/mol. The summed E-state index contributed by atoms with van der Waals surface area (Å²) >= 11 is 7.67. The highest BCUT2D eigenvalue weighted by Gasteiger charge is 2.28. The average Bonchev–Trinajstić information content (AvgIpc) is 3.13. The third-order valence-electron chi connectivity index (χ3n) is 5.65. The van der Waals surface area contributed by atoms with Crippen molar-refractivity contribution in [3.05, 3.63) is 32.6 Å². The van der Waals surface area contributed by atoms with Gasteiger partial charge in [-0.1, -0.05) is 18.5 Å². The van der Waals surface area contributed by atoms with E-state index in [1.54, 1.807) is 12.3 Å². The number of ketones is 1. The van der Waals surface area contributed by atoms with Gasteiger partial charge in [0.15, 0.2) is 5.78 Å². The number of anilines is 1. The smallest absolute Gasteiger partial charge is 0.225 e. The summed E-state index contributed by atoms with van der Waals surface area (Å²) in [6, 6.07) is 0. The van der Waals surface area contributed by atoms with E-state index in [9.17, 15) is 9.59 Å². The van der Waals surface area contributed by atoms with Crippen molar-refractivity contribution in [2.45, 2.75) is 52.9 Å². The lowest BCUT2D eigenvalue weighted by molar-refractivity contribution is -0.136. The Labute approximate surface area is 186 Å². The number of nitrogens with two attached hydrogens (primary N) is 1. The molecule has 2 aromatic heterocycles. The minimum atomic E-state index is -0.334. The number of carbonyl (C=O) groups excluding carboxylic acids is 2. The molecule has 162 valence electrons. The van der Waals surface area contributed by atoms with Crippen LogP contribution in [-0.4, -0.2) is 44.6 Å². The van der Waals surface area contributed by atoms with Gasteiger partial charge in [0, 0.05) is 36.4 Å². The zero-order chi connectivity index (χ0) is 21.8. The number of Topliss-reactive ketones (excluding diaryl/α,β-unsaturated/α-hetero) is 1. The molecule has 0 bridgehead atoms. The summed E-state index contributed by atoms with van der Waals surface area (Å²) in [5, 5.41) is 3.06. The standard InChI is InChI=1S/C21H28ClN5O2S/c1-12(10-18(28)17-11-30-14(3)26-17)21(29)27-8-6-15(7-9-27)4-5-16-19(22)24-13(2)25-20(16)23/h11-12,15H,4-10H2,1-3H3,(H2,23,24,25)/t12-/m1/s1. The molecule has 0 unspecified atom stereocenters. The molecule has 3 heterocycles. The van der Waals surface area contributed by atoms with E-state index in [0.29, 0.717) is 41.5 Å². The van der Waals surface area contributed by atoms with Crippen molar-refractivity contribution < 1.29 is 9.59 Å². The first-order valence-corrected chi connectivity index (χ1v) is 11.5. The van der Waals surface area contributed by atoms with Crippen LogP contribution in [0.5, 0.6) is 0 Å². The molecule has 0 aromatic carbocycles. The molecule has 0 saturated carbocycles. The third kappa shape index (κ3) is 5.55. The quantitative estimate of drug-likeness (QED) is 0.508. The van der Waals surface area contributed by atoms with Gasteiger partial charge in [-0.05, 0) is 45.4 Å². The molecule has 1 amide bonds. The number of halogens is 1. The normalized spacial score (nSPS) is 15.9. The van der Waals surface area contributed by atoms with Crippen molar-refractivity contribution in [2.24, 2.45) is 11.8 Å². The minimum absolute atomic E-state index is 0.0491. The first kappa shape index (κ1) is 22.6. The largest absolute Gasteiger partial charge is 0.383 e. The Hall–Kier alpha value is -2.06. The van der Waals surface area contributed by atoms with Crippen LogP contribution in [0.3, 0.4) is 0 Å². The van der Waals surface area contributed by atoms with Gasteiger partial charge in [0.25, 0.3) is 0 Å². The number of hydrogen-bond acceptors (Lipinski definition) is 7. The average molecular weight is 450 g/mol. The molecule has 1 aliphatic rings. The van der Waals surface area contributed by atoms with Crippen LogP contribution in [-0.2, 0) is 11.2 Å². The number of likely N-dealkylation sites (tertiary alicyclic amines) is 1. The van der Waals surface area contributed by atoms with E-state index in [1.165, 1.54) is 11.3 Å². The molecule has 1 aliphatic heterocycles. The van der Waals surface area contributed by atoms with Crippen LogP contribution in [0.15, 0.2) is 5.38 Å². The summed E-state index contributed by atoms with van der Waals surface area (Å²) in [6.07, 6.45) is 3.74. The Morgan fingerprint density at radius 2 is 1.97 bits per heavy atom. The predicted octanol–water partition coefficient (Wildman–Crippen LogP) is 3.87. The van der Waals surface area contributed by atoms with Crippen LogP contribution in [0.2, 0.25) is 5.15 Å². The van der Waals surface area contributed by atoms with Crippen LogP contribution in [0.25, 0.3) is 0 Å². The van der Waals surface area contributed by atoms with Gasteiger partial charge >= 0.3 is 0 Å². The molecular weight excluding hydrogens is 422 g/mol. The summed E-state index contributed by atoms with van der Waals surface area (Å²) in [6.45, 7) is 6.89. The molecule has 2 N–H and O–H groups in total. The number of carbonyl (C=O) groups is 2. The Balaban J connectivity index is 1.46. The number of hydrogen-bond donors (Lipinski definition) is 1. The molecule has 7 nitrogen and oxygen atoms in total. The van der Waals surface area contributed by atoms with Crippen molar-refractivity contribution in [2.75, 3.05) is 18.8 Å². The maximum Gasteiger partial charge on any atom is 0.225 e. The van der Waals surface area contributed by atoms with Crippen LogP contribution in [0.4, 0.5) is 5.82 Å². The van der Waals surface area contributed by atoms with E-state index in [0.717, 1.165) is 36.3 Å². The zero-order valence-corrected chi connectivity index (χ0v) is 19.2. The monoisotopic (exact) mass is 449 g/mol. The summed E-state index contributed by atoms with van der Waals surface area (Å²) in [5.74, 6) is 1.18. The fraction of sp³-hybridized carbons (Fsp3) is 0.571. The summed E-state index contributed by atoms with van der Waals surface area (Å²) in [7, 11) is 0. The van der Waals surface area contributed by atoms with Crippen molar-refractivity contribution >= 4 is 40.4 Å². The number of amides is 1. The second kappa shape index (κ2) is 9.83. The molecule has 9 heteroatoms. The second-order valence-electron chi connectivity index (χ2n) is 8.01. The van der Waals surface area contributed by atoms with E-state index < -0.39 is 0 Å². The topological polar surface area (TPSA) is 102 Å². The maximum absolute atomic E-state index is 12.8. The van der Waals surface area contributed by atoms with Gasteiger partial charge < -0.3 is 10.6 Å². The van der Waals surface area contributed by atoms with Gasteiger partial charge in [-0.3, -0.25) is 9.59 Å². The Kier molecular flexibility index (Phi) is 7.41. The number of thiazole rings is 1. The van der Waals surface area contributed by atoms with Gasteiger partial charge in [-0.15, -0.1) is 11.3 Å². The van der Waals surface area contributed by atoms with E-state index in [4.69, 9.17) is 17.3 Å². The van der Waals surface area contributed by atoms with E-state index in [-0.39, 0.29) is 24.0 Å². The van der Waals surface area contributed by atoms with Gasteiger partial charge in [-0.2, -0.15) is 0 Å². The molecular formula is C21H28ClN5O2S. The Bertz CT molecular complexity index is 901. The number of aromatic nitrogens is 3. The molecule has 3 rings (SSSR count). The second-order valence-corrected chi connectivity index (χ2v) is 9.43. The molecule has 30 heavy (non-hydrogen) atoms. The number of aryl methyl sites for hydroxylation is 2. The Morgan fingerprint density at radius 1 is 1.27 bits per heavy atom. The van der Waals surface area contributed by atoms with Crippen LogP contribution in [0, 0.1) is 25.7 Å². The molecule has 0 spiro atoms. The number of nitrogen functional groups attached to an aromatic ring is 1. The fourth-order valence-corrected chi connectivity index (χ4v) is 4.81. The lowest BCUT2D eigenvalue weighted by Gasteiger charge is -2.33. The zero-order valence-electron chi connectivity index (χ0n) is 17.7. The molecule has 0 radical (unpaired) electrons. The van der Waals surface area contributed by atoms with Crippen molar-refractivity contribution in [1.29, 1.82) is 0 Å². The summed E-state index contributed by atoms with van der Waals surface area (Å²) < 4.78 is 0. The highest BCUT2D eigenvalue weighted by Crippen LogP contribution is 2.27. The number of rotatable bonds is 7.